The summed E-state index contributed by atoms with van der Waals surface area (Å²) < 4.78 is 5.35. The molecular formula is C16H18N2O2. The Hall–Kier alpha value is -2.02. The number of carbonyl (C=O) groups excluding carboxylic acids is 1. The van der Waals surface area contributed by atoms with Crippen LogP contribution in [0.2, 0.25) is 0 Å². The maximum absolute atomic E-state index is 12.0. The smallest absolute Gasteiger partial charge is 0.410 e. The highest BCUT2D eigenvalue weighted by Crippen LogP contribution is 2.51. The Balaban J connectivity index is 1.48. The van der Waals surface area contributed by atoms with Crippen LogP contribution < -0.4 is 0 Å². The lowest BCUT2D eigenvalue weighted by molar-refractivity contribution is 0.0961. The average molecular weight is 270 g/mol. The highest BCUT2D eigenvalue weighted by atomic mass is 16.6. The maximum atomic E-state index is 12.0. The van der Waals surface area contributed by atoms with E-state index in [1.807, 2.05) is 30.3 Å². The molecule has 104 valence electrons. The van der Waals surface area contributed by atoms with Crippen molar-refractivity contribution in [3.8, 4) is 6.07 Å². The average Bonchev–Trinajstić information content (AvgIpc) is 3.20. The lowest BCUT2D eigenvalue weighted by Gasteiger charge is -2.20. The van der Waals surface area contributed by atoms with Gasteiger partial charge in [0.2, 0.25) is 0 Å². The number of nitriles is 1. The van der Waals surface area contributed by atoms with Gasteiger partial charge in [0.15, 0.2) is 0 Å². The number of hydrogen-bond donors (Lipinski definition) is 0. The molecule has 1 amide bonds. The molecule has 0 bridgehead atoms. The fourth-order valence-corrected chi connectivity index (χ4v) is 3.14. The van der Waals surface area contributed by atoms with Gasteiger partial charge in [-0.25, -0.2) is 4.79 Å². The lowest BCUT2D eigenvalue weighted by Crippen LogP contribution is -2.33. The Bertz CT molecular complexity index is 509. The van der Waals surface area contributed by atoms with E-state index < -0.39 is 0 Å². The minimum Gasteiger partial charge on any atom is -0.445 e. The van der Waals surface area contributed by atoms with Crippen LogP contribution in [0.25, 0.3) is 0 Å². The van der Waals surface area contributed by atoms with Crippen LogP contribution in [0, 0.1) is 29.1 Å². The Morgan fingerprint density at radius 2 is 1.90 bits per heavy atom. The fraction of sp³-hybridized carbons (Fsp3) is 0.500. The van der Waals surface area contributed by atoms with Crippen molar-refractivity contribution in [3.63, 3.8) is 0 Å². The van der Waals surface area contributed by atoms with E-state index in [1.165, 1.54) is 0 Å². The molecule has 0 aromatic heterocycles. The highest BCUT2D eigenvalue weighted by Gasteiger charge is 2.51. The van der Waals surface area contributed by atoms with E-state index in [9.17, 15) is 4.79 Å². The van der Waals surface area contributed by atoms with E-state index in [-0.39, 0.29) is 12.0 Å². The van der Waals surface area contributed by atoms with Crippen molar-refractivity contribution >= 4 is 6.09 Å². The molecule has 0 radical (unpaired) electrons. The van der Waals surface area contributed by atoms with Crippen molar-refractivity contribution in [2.75, 3.05) is 13.1 Å². The van der Waals surface area contributed by atoms with Crippen LogP contribution in [0.4, 0.5) is 4.79 Å². The third kappa shape index (κ3) is 2.62. The zero-order valence-electron chi connectivity index (χ0n) is 11.4. The van der Waals surface area contributed by atoms with Crippen LogP contribution in [0.3, 0.4) is 0 Å². The third-order valence-corrected chi connectivity index (χ3v) is 4.41. The fourth-order valence-electron chi connectivity index (χ4n) is 3.14. The molecule has 0 spiro atoms. The summed E-state index contributed by atoms with van der Waals surface area (Å²) in [6.07, 6.45) is 1.63. The monoisotopic (exact) mass is 270 g/mol. The number of carbonyl (C=O) groups is 1. The van der Waals surface area contributed by atoms with Gasteiger partial charge in [-0.1, -0.05) is 30.3 Å². The summed E-state index contributed by atoms with van der Waals surface area (Å²) in [5.74, 6) is 1.25. The number of rotatable bonds is 2. The summed E-state index contributed by atoms with van der Waals surface area (Å²) in [4.78, 5) is 13.8. The van der Waals surface area contributed by atoms with Gasteiger partial charge < -0.3 is 9.64 Å². The van der Waals surface area contributed by atoms with Crippen LogP contribution in [0.5, 0.6) is 0 Å². The molecule has 2 aliphatic rings. The minimum absolute atomic E-state index is 0.233. The van der Waals surface area contributed by atoms with Crippen molar-refractivity contribution in [1.29, 1.82) is 5.26 Å². The lowest BCUT2D eigenvalue weighted by atomic mass is 10.2. The molecule has 1 aromatic carbocycles. The van der Waals surface area contributed by atoms with E-state index in [0.717, 1.165) is 18.4 Å². The standard InChI is InChI=1S/C16H18N2O2/c17-10-15-13-6-8-18(9-7-14(13)15)16(19)20-11-12-4-2-1-3-5-12/h1-5,13-15H,6-9,11H2. The van der Waals surface area contributed by atoms with Crippen molar-refractivity contribution in [1.82, 2.24) is 4.90 Å². The molecule has 3 rings (SSSR count). The maximum Gasteiger partial charge on any atom is 0.410 e. The molecule has 4 nitrogen and oxygen atoms in total. The number of fused-ring (bicyclic) bond motifs is 1. The topological polar surface area (TPSA) is 53.3 Å². The highest BCUT2D eigenvalue weighted by molar-refractivity contribution is 5.67. The number of ether oxygens (including phenoxy) is 1. The summed E-state index contributed by atoms with van der Waals surface area (Å²) in [5.41, 5.74) is 1.00. The van der Waals surface area contributed by atoms with E-state index in [0.29, 0.717) is 31.5 Å². The third-order valence-electron chi connectivity index (χ3n) is 4.41. The molecule has 2 atom stereocenters. The number of hydrogen-bond acceptors (Lipinski definition) is 3. The van der Waals surface area contributed by atoms with Gasteiger partial charge in [-0.2, -0.15) is 5.26 Å². The molecule has 1 heterocycles. The second-order valence-electron chi connectivity index (χ2n) is 5.59. The van der Waals surface area contributed by atoms with Crippen molar-refractivity contribution in [2.45, 2.75) is 19.4 Å². The Kier molecular flexibility index (Phi) is 3.60. The molecule has 0 N–H and O–H groups in total. The largest absolute Gasteiger partial charge is 0.445 e. The van der Waals surface area contributed by atoms with E-state index in [4.69, 9.17) is 10.00 Å². The van der Waals surface area contributed by atoms with Crippen LogP contribution in [-0.4, -0.2) is 24.1 Å². The summed E-state index contributed by atoms with van der Waals surface area (Å²) in [5, 5.41) is 8.96. The van der Waals surface area contributed by atoms with Gasteiger partial charge in [0.25, 0.3) is 0 Å². The molecule has 1 aliphatic carbocycles. The van der Waals surface area contributed by atoms with Crippen LogP contribution in [-0.2, 0) is 11.3 Å². The van der Waals surface area contributed by atoms with Crippen molar-refractivity contribution in [2.24, 2.45) is 17.8 Å². The van der Waals surface area contributed by atoms with Gasteiger partial charge in [0, 0.05) is 13.1 Å². The first-order chi connectivity index (χ1) is 9.79. The molecular weight excluding hydrogens is 252 g/mol. The second-order valence-corrected chi connectivity index (χ2v) is 5.59. The summed E-state index contributed by atoms with van der Waals surface area (Å²) in [6.45, 7) is 1.75. The van der Waals surface area contributed by atoms with E-state index in [1.54, 1.807) is 4.90 Å². The summed E-state index contributed by atoms with van der Waals surface area (Å²) in [6, 6.07) is 12.1. The number of nitrogens with zero attached hydrogens (tertiary/aromatic N) is 2. The van der Waals surface area contributed by atoms with Crippen LogP contribution >= 0.6 is 0 Å². The molecule has 1 aromatic rings. The van der Waals surface area contributed by atoms with E-state index >= 15 is 0 Å². The first kappa shape index (κ1) is 13.0. The molecule has 2 fully saturated rings. The zero-order valence-corrected chi connectivity index (χ0v) is 11.4. The van der Waals surface area contributed by atoms with Gasteiger partial charge in [-0.15, -0.1) is 0 Å². The quantitative estimate of drug-likeness (QED) is 0.830. The molecule has 4 heteroatoms. The van der Waals surface area contributed by atoms with Gasteiger partial charge >= 0.3 is 6.09 Å². The van der Waals surface area contributed by atoms with Gasteiger partial charge in [0.05, 0.1) is 12.0 Å². The molecule has 20 heavy (non-hydrogen) atoms. The Morgan fingerprint density at radius 1 is 1.25 bits per heavy atom. The Morgan fingerprint density at radius 3 is 2.50 bits per heavy atom. The number of benzene rings is 1. The van der Waals surface area contributed by atoms with Gasteiger partial charge in [-0.3, -0.25) is 0 Å². The second kappa shape index (κ2) is 5.54. The van der Waals surface area contributed by atoms with E-state index in [2.05, 4.69) is 6.07 Å². The summed E-state index contributed by atoms with van der Waals surface area (Å²) >= 11 is 0. The number of likely N-dealkylation sites (tertiary alicyclic amines) is 1. The predicted molar refractivity (Wildman–Crippen MR) is 73.5 cm³/mol. The molecule has 1 saturated carbocycles. The molecule has 1 saturated heterocycles. The SMILES string of the molecule is N#CC1C2CCN(C(=O)OCc3ccccc3)CCC12. The van der Waals surface area contributed by atoms with Crippen molar-refractivity contribution < 1.29 is 9.53 Å². The van der Waals surface area contributed by atoms with Crippen LogP contribution in [0.15, 0.2) is 30.3 Å². The normalized spacial score (nSPS) is 27.9. The first-order valence-electron chi connectivity index (χ1n) is 7.15. The number of amides is 1. The molecule has 1 aliphatic heterocycles. The van der Waals surface area contributed by atoms with Gasteiger partial charge in [0.1, 0.15) is 6.61 Å². The minimum atomic E-state index is -0.233. The zero-order chi connectivity index (χ0) is 13.9. The summed E-state index contributed by atoms with van der Waals surface area (Å²) in [7, 11) is 0. The van der Waals surface area contributed by atoms with Crippen LogP contribution in [0.1, 0.15) is 18.4 Å². The predicted octanol–water partition coefficient (Wildman–Crippen LogP) is 2.80. The van der Waals surface area contributed by atoms with Gasteiger partial charge in [-0.05, 0) is 30.2 Å². The first-order valence-corrected chi connectivity index (χ1v) is 7.15. The Labute approximate surface area is 118 Å². The molecule has 2 unspecified atom stereocenters. The van der Waals surface area contributed by atoms with Crippen molar-refractivity contribution in [3.05, 3.63) is 35.9 Å².